The van der Waals surface area contributed by atoms with Crippen LogP contribution in [-0.4, -0.2) is 56.8 Å². The quantitative estimate of drug-likeness (QED) is 0.482. The number of anilines is 1. The Morgan fingerprint density at radius 2 is 1.94 bits per heavy atom. The molecule has 2 aromatic carbocycles. The smallest absolute Gasteiger partial charge is 0.269 e. The number of piperazine rings is 1. The summed E-state index contributed by atoms with van der Waals surface area (Å²) in [6, 6.07) is 12.2. The summed E-state index contributed by atoms with van der Waals surface area (Å²) in [7, 11) is 0. The van der Waals surface area contributed by atoms with Crippen molar-refractivity contribution in [2.45, 2.75) is 6.54 Å². The van der Waals surface area contributed by atoms with Gasteiger partial charge in [-0.3, -0.25) is 19.8 Å². The first kappa shape index (κ1) is 20.4. The first-order chi connectivity index (χ1) is 15.0. The van der Waals surface area contributed by atoms with Crippen LogP contribution in [0.3, 0.4) is 0 Å². The van der Waals surface area contributed by atoms with Crippen molar-refractivity contribution in [2.24, 2.45) is 0 Å². The van der Waals surface area contributed by atoms with Crippen molar-refractivity contribution in [2.75, 3.05) is 31.9 Å². The van der Waals surface area contributed by atoms with Gasteiger partial charge in [0.15, 0.2) is 0 Å². The summed E-state index contributed by atoms with van der Waals surface area (Å²) in [5.41, 5.74) is 8.60. The third kappa shape index (κ3) is 4.84. The number of nitro benzene ring substituents is 1. The van der Waals surface area contributed by atoms with E-state index in [9.17, 15) is 14.9 Å². The number of nitrogen functional groups attached to an aromatic ring is 1. The van der Waals surface area contributed by atoms with Gasteiger partial charge in [-0.25, -0.2) is 9.97 Å². The van der Waals surface area contributed by atoms with Crippen LogP contribution in [0.25, 0.3) is 17.0 Å². The number of nitrogens with zero attached hydrogens (tertiary/aromatic N) is 5. The van der Waals surface area contributed by atoms with E-state index in [0.29, 0.717) is 32.0 Å². The van der Waals surface area contributed by atoms with Gasteiger partial charge in [0.25, 0.3) is 5.69 Å². The summed E-state index contributed by atoms with van der Waals surface area (Å²) < 4.78 is 0. The molecule has 1 amide bonds. The molecule has 31 heavy (non-hydrogen) atoms. The Bertz CT molecular complexity index is 1150. The molecule has 0 bridgehead atoms. The van der Waals surface area contributed by atoms with Crippen molar-refractivity contribution in [3.8, 4) is 0 Å². The van der Waals surface area contributed by atoms with Gasteiger partial charge in [0, 0.05) is 43.7 Å². The molecule has 0 atom stereocenters. The number of hydrogen-bond donors (Lipinski definition) is 1. The number of amides is 1. The second-order valence-electron chi connectivity index (χ2n) is 7.41. The van der Waals surface area contributed by atoms with Gasteiger partial charge >= 0.3 is 0 Å². The summed E-state index contributed by atoms with van der Waals surface area (Å²) in [6.45, 7) is 2.95. The molecule has 2 heterocycles. The molecule has 1 aromatic heterocycles. The Labute approximate surface area is 179 Å². The normalized spacial score (nSPS) is 15.1. The van der Waals surface area contributed by atoms with Crippen molar-refractivity contribution < 1.29 is 9.72 Å². The Morgan fingerprint density at radius 1 is 1.13 bits per heavy atom. The fourth-order valence-electron chi connectivity index (χ4n) is 3.57. The Kier molecular flexibility index (Phi) is 5.85. The number of non-ortho nitro benzene ring substituents is 1. The van der Waals surface area contributed by atoms with E-state index < -0.39 is 4.92 Å². The zero-order valence-corrected chi connectivity index (χ0v) is 16.8. The van der Waals surface area contributed by atoms with Crippen LogP contribution in [0.1, 0.15) is 11.1 Å². The molecule has 1 aliphatic heterocycles. The van der Waals surface area contributed by atoms with Crippen LogP contribution in [0, 0.1) is 10.1 Å². The molecule has 0 unspecified atom stereocenters. The highest BCUT2D eigenvalue weighted by atomic mass is 16.6. The average molecular weight is 418 g/mol. The fourth-order valence-corrected chi connectivity index (χ4v) is 3.57. The molecule has 0 aliphatic carbocycles. The molecule has 1 aliphatic rings. The topological polar surface area (TPSA) is 118 Å². The lowest BCUT2D eigenvalue weighted by Crippen LogP contribution is -2.49. The molecule has 9 nitrogen and oxygen atoms in total. The summed E-state index contributed by atoms with van der Waals surface area (Å²) >= 11 is 0. The first-order valence-electron chi connectivity index (χ1n) is 9.90. The molecule has 1 fully saturated rings. The summed E-state index contributed by atoms with van der Waals surface area (Å²) in [6.07, 6.45) is 5.32. The second kappa shape index (κ2) is 8.88. The van der Waals surface area contributed by atoms with Crippen molar-refractivity contribution in [1.82, 2.24) is 19.8 Å². The van der Waals surface area contributed by atoms with Crippen molar-refractivity contribution in [1.29, 1.82) is 0 Å². The van der Waals surface area contributed by atoms with Gasteiger partial charge in [-0.1, -0.05) is 18.2 Å². The summed E-state index contributed by atoms with van der Waals surface area (Å²) in [4.78, 5) is 35.1. The molecular weight excluding hydrogens is 396 g/mol. The van der Waals surface area contributed by atoms with Gasteiger partial charge < -0.3 is 10.6 Å². The monoisotopic (exact) mass is 418 g/mol. The standard InChI is InChI=1S/C22H22N6O3/c23-22-19-8-5-17(12-20(19)24-15-25-22)13-27-11-10-26(14-21(27)29)9-1-2-16-3-6-18(7-4-16)28(30)31/h1-8,12,15H,9-11,13-14H2,(H2,23,24,25)/b2-1+. The van der Waals surface area contributed by atoms with Crippen molar-refractivity contribution >= 4 is 34.4 Å². The van der Waals surface area contributed by atoms with Crippen LogP contribution >= 0.6 is 0 Å². The number of benzene rings is 2. The van der Waals surface area contributed by atoms with Gasteiger partial charge in [-0.05, 0) is 35.4 Å². The number of fused-ring (bicyclic) bond motifs is 1. The third-order valence-corrected chi connectivity index (χ3v) is 5.28. The van der Waals surface area contributed by atoms with Crippen LogP contribution in [0.2, 0.25) is 0 Å². The van der Waals surface area contributed by atoms with Gasteiger partial charge in [-0.2, -0.15) is 0 Å². The SMILES string of the molecule is Nc1ncnc2cc(CN3CCN(C/C=C/c4ccc([N+](=O)[O-])cc4)CC3=O)ccc12. The minimum atomic E-state index is -0.417. The number of aromatic nitrogens is 2. The number of hydrogen-bond acceptors (Lipinski definition) is 7. The minimum Gasteiger partial charge on any atom is -0.383 e. The number of rotatable bonds is 6. The van der Waals surface area contributed by atoms with Gasteiger partial charge in [0.2, 0.25) is 5.91 Å². The maximum Gasteiger partial charge on any atom is 0.269 e. The Balaban J connectivity index is 1.31. The maximum absolute atomic E-state index is 12.6. The molecule has 0 saturated carbocycles. The van der Waals surface area contributed by atoms with Gasteiger partial charge in [-0.15, -0.1) is 0 Å². The highest BCUT2D eigenvalue weighted by Crippen LogP contribution is 2.19. The molecule has 4 rings (SSSR count). The zero-order valence-electron chi connectivity index (χ0n) is 16.8. The fraction of sp³-hybridized carbons (Fsp3) is 0.227. The van der Waals surface area contributed by atoms with E-state index in [1.165, 1.54) is 18.5 Å². The molecule has 0 spiro atoms. The molecule has 9 heteroatoms. The van der Waals surface area contributed by atoms with E-state index in [2.05, 4.69) is 14.9 Å². The van der Waals surface area contributed by atoms with Gasteiger partial charge in [0.05, 0.1) is 17.0 Å². The highest BCUT2D eigenvalue weighted by Gasteiger charge is 2.23. The average Bonchev–Trinajstić information content (AvgIpc) is 2.76. The number of nitrogens with two attached hydrogens (primary N) is 1. The van der Waals surface area contributed by atoms with E-state index in [4.69, 9.17) is 5.73 Å². The second-order valence-corrected chi connectivity index (χ2v) is 7.41. The molecule has 0 radical (unpaired) electrons. The van der Waals surface area contributed by atoms with Crippen LogP contribution < -0.4 is 5.73 Å². The lowest BCUT2D eigenvalue weighted by atomic mass is 10.1. The van der Waals surface area contributed by atoms with E-state index in [1.54, 1.807) is 12.1 Å². The lowest BCUT2D eigenvalue weighted by molar-refractivity contribution is -0.384. The van der Waals surface area contributed by atoms with Crippen LogP contribution in [0.15, 0.2) is 54.9 Å². The van der Waals surface area contributed by atoms with Crippen LogP contribution in [0.5, 0.6) is 0 Å². The lowest BCUT2D eigenvalue weighted by Gasteiger charge is -2.33. The zero-order chi connectivity index (χ0) is 21.8. The third-order valence-electron chi connectivity index (χ3n) is 5.28. The van der Waals surface area contributed by atoms with E-state index in [0.717, 1.165) is 28.6 Å². The largest absolute Gasteiger partial charge is 0.383 e. The highest BCUT2D eigenvalue weighted by molar-refractivity contribution is 5.88. The summed E-state index contributed by atoms with van der Waals surface area (Å²) in [5, 5.41) is 11.5. The van der Waals surface area contributed by atoms with E-state index in [1.807, 2.05) is 35.3 Å². The Hall–Kier alpha value is -3.85. The summed E-state index contributed by atoms with van der Waals surface area (Å²) in [5.74, 6) is 0.528. The van der Waals surface area contributed by atoms with Crippen LogP contribution in [0.4, 0.5) is 11.5 Å². The number of carbonyl (C=O) groups excluding carboxylic acids is 1. The van der Waals surface area contributed by atoms with Crippen molar-refractivity contribution in [3.63, 3.8) is 0 Å². The molecule has 2 N–H and O–H groups in total. The molecule has 1 saturated heterocycles. The van der Waals surface area contributed by atoms with E-state index >= 15 is 0 Å². The molecule has 158 valence electrons. The predicted octanol–water partition coefficient (Wildman–Crippen LogP) is 2.48. The molecule has 3 aromatic rings. The maximum atomic E-state index is 12.6. The van der Waals surface area contributed by atoms with Gasteiger partial charge in [0.1, 0.15) is 12.1 Å². The Morgan fingerprint density at radius 3 is 2.68 bits per heavy atom. The number of nitro groups is 1. The minimum absolute atomic E-state index is 0.0706. The van der Waals surface area contributed by atoms with Crippen molar-refractivity contribution in [3.05, 3.63) is 76.1 Å². The first-order valence-corrected chi connectivity index (χ1v) is 9.90. The predicted molar refractivity (Wildman–Crippen MR) is 118 cm³/mol. The van der Waals surface area contributed by atoms with Crippen LogP contribution in [-0.2, 0) is 11.3 Å². The molecular formula is C22H22N6O3. The van der Waals surface area contributed by atoms with E-state index in [-0.39, 0.29) is 11.6 Å². The number of carbonyl (C=O) groups is 1.